The highest BCUT2D eigenvalue weighted by Crippen LogP contribution is 2.27. The second kappa shape index (κ2) is 5.61. The zero-order chi connectivity index (χ0) is 13.9. The fraction of sp³-hybridized carbons (Fsp3) is 0.467. The molecular formula is C15H19FN4. The molecule has 1 fully saturated rings. The number of hydrogen-bond donors (Lipinski definition) is 1. The lowest BCUT2D eigenvalue weighted by Crippen LogP contribution is -2.26. The number of anilines is 1. The molecule has 3 rings (SSSR count). The van der Waals surface area contributed by atoms with Crippen molar-refractivity contribution in [2.75, 3.05) is 5.32 Å². The molecule has 0 spiro atoms. The van der Waals surface area contributed by atoms with Gasteiger partial charge in [-0.15, -0.1) is 0 Å². The predicted octanol–water partition coefficient (Wildman–Crippen LogP) is 3.40. The van der Waals surface area contributed by atoms with E-state index in [2.05, 4.69) is 22.3 Å². The molecule has 4 nitrogen and oxygen atoms in total. The molecule has 1 aromatic heterocycles. The third kappa shape index (κ3) is 2.81. The highest BCUT2D eigenvalue weighted by molar-refractivity contribution is 5.50. The van der Waals surface area contributed by atoms with Crippen LogP contribution in [0.2, 0.25) is 0 Å². The smallest absolute Gasteiger partial charge is 0.150 e. The predicted molar refractivity (Wildman–Crippen MR) is 76.4 cm³/mol. The van der Waals surface area contributed by atoms with Gasteiger partial charge in [0.25, 0.3) is 0 Å². The first-order chi connectivity index (χ1) is 9.72. The molecule has 2 atom stereocenters. The van der Waals surface area contributed by atoms with Crippen molar-refractivity contribution in [2.24, 2.45) is 5.92 Å². The minimum Gasteiger partial charge on any atom is -0.382 e. The molecule has 1 saturated carbocycles. The van der Waals surface area contributed by atoms with E-state index in [0.29, 0.717) is 11.7 Å². The van der Waals surface area contributed by atoms with Gasteiger partial charge < -0.3 is 5.32 Å². The zero-order valence-electron chi connectivity index (χ0n) is 11.6. The number of halogens is 1. The Morgan fingerprint density at radius 2 is 2.25 bits per heavy atom. The summed E-state index contributed by atoms with van der Waals surface area (Å²) in [6.07, 6.45) is 7.77. The van der Waals surface area contributed by atoms with Crippen LogP contribution in [-0.2, 0) is 0 Å². The van der Waals surface area contributed by atoms with E-state index in [-0.39, 0.29) is 5.82 Å². The van der Waals surface area contributed by atoms with E-state index < -0.39 is 0 Å². The molecule has 5 heteroatoms. The zero-order valence-corrected chi connectivity index (χ0v) is 11.6. The highest BCUT2D eigenvalue weighted by Gasteiger charge is 2.19. The summed E-state index contributed by atoms with van der Waals surface area (Å²) in [5.74, 6) is 0.463. The summed E-state index contributed by atoms with van der Waals surface area (Å²) in [6.45, 7) is 2.28. The van der Waals surface area contributed by atoms with Crippen molar-refractivity contribution >= 4 is 5.69 Å². The number of benzene rings is 1. The highest BCUT2D eigenvalue weighted by atomic mass is 19.1. The largest absolute Gasteiger partial charge is 0.382 e. The first-order valence-corrected chi connectivity index (χ1v) is 7.13. The van der Waals surface area contributed by atoms with Gasteiger partial charge in [-0.3, -0.25) is 0 Å². The van der Waals surface area contributed by atoms with Gasteiger partial charge in [0, 0.05) is 11.7 Å². The Balaban J connectivity index is 1.74. The molecule has 1 aliphatic carbocycles. The van der Waals surface area contributed by atoms with E-state index in [4.69, 9.17) is 0 Å². The summed E-state index contributed by atoms with van der Waals surface area (Å²) in [5.41, 5.74) is 1.26. The average Bonchev–Trinajstić information content (AvgIpc) is 2.92. The van der Waals surface area contributed by atoms with E-state index in [9.17, 15) is 4.39 Å². The van der Waals surface area contributed by atoms with Crippen LogP contribution >= 0.6 is 0 Å². The number of nitrogens with zero attached hydrogens (tertiary/aromatic N) is 3. The molecule has 0 bridgehead atoms. The molecule has 2 unspecified atom stereocenters. The minimum atomic E-state index is -0.288. The lowest BCUT2D eigenvalue weighted by atomic mass is 9.87. The van der Waals surface area contributed by atoms with Gasteiger partial charge in [-0.05, 0) is 37.0 Å². The van der Waals surface area contributed by atoms with Crippen molar-refractivity contribution in [1.82, 2.24) is 14.8 Å². The van der Waals surface area contributed by atoms with Gasteiger partial charge in [-0.25, -0.2) is 14.1 Å². The number of hydrogen-bond acceptors (Lipinski definition) is 3. The van der Waals surface area contributed by atoms with Crippen LogP contribution in [-0.4, -0.2) is 20.8 Å². The molecule has 1 aliphatic rings. The first kappa shape index (κ1) is 13.1. The molecular weight excluding hydrogens is 255 g/mol. The molecule has 1 aromatic carbocycles. The van der Waals surface area contributed by atoms with Crippen LogP contribution in [0.25, 0.3) is 5.69 Å². The van der Waals surface area contributed by atoms with Crippen molar-refractivity contribution < 1.29 is 4.39 Å². The Hall–Kier alpha value is -1.91. The fourth-order valence-electron chi connectivity index (χ4n) is 2.92. The van der Waals surface area contributed by atoms with Gasteiger partial charge in [-0.2, -0.15) is 5.10 Å². The van der Waals surface area contributed by atoms with E-state index in [0.717, 1.165) is 24.4 Å². The SMILES string of the molecule is CC1CCCC(Nc2ccc(-n3cncn3)c(F)c2)C1. The summed E-state index contributed by atoms with van der Waals surface area (Å²) < 4.78 is 15.5. The lowest BCUT2D eigenvalue weighted by Gasteiger charge is -2.28. The maximum atomic E-state index is 14.1. The topological polar surface area (TPSA) is 42.7 Å². The van der Waals surface area contributed by atoms with Crippen LogP contribution in [0.4, 0.5) is 10.1 Å². The van der Waals surface area contributed by atoms with Crippen LogP contribution in [0.1, 0.15) is 32.6 Å². The van der Waals surface area contributed by atoms with Crippen molar-refractivity contribution in [1.29, 1.82) is 0 Å². The van der Waals surface area contributed by atoms with Crippen LogP contribution in [0.3, 0.4) is 0 Å². The summed E-state index contributed by atoms with van der Waals surface area (Å²) >= 11 is 0. The third-order valence-corrected chi connectivity index (χ3v) is 3.92. The Morgan fingerprint density at radius 3 is 2.95 bits per heavy atom. The van der Waals surface area contributed by atoms with Crippen molar-refractivity contribution in [3.8, 4) is 5.69 Å². The van der Waals surface area contributed by atoms with Crippen LogP contribution in [0, 0.1) is 11.7 Å². The van der Waals surface area contributed by atoms with Crippen LogP contribution in [0.5, 0.6) is 0 Å². The minimum absolute atomic E-state index is 0.288. The Kier molecular flexibility index (Phi) is 3.67. The number of nitrogens with one attached hydrogen (secondary N) is 1. The summed E-state index contributed by atoms with van der Waals surface area (Å²) in [6, 6.07) is 5.63. The second-order valence-electron chi connectivity index (χ2n) is 5.62. The molecule has 1 heterocycles. The van der Waals surface area contributed by atoms with E-state index in [1.54, 1.807) is 6.07 Å². The van der Waals surface area contributed by atoms with Gasteiger partial charge in [-0.1, -0.05) is 19.8 Å². The van der Waals surface area contributed by atoms with Crippen molar-refractivity contribution in [3.63, 3.8) is 0 Å². The number of rotatable bonds is 3. The summed E-state index contributed by atoms with van der Waals surface area (Å²) in [5, 5.41) is 7.39. The molecule has 2 aromatic rings. The average molecular weight is 274 g/mol. The lowest BCUT2D eigenvalue weighted by molar-refractivity contribution is 0.358. The van der Waals surface area contributed by atoms with Crippen molar-refractivity contribution in [3.05, 3.63) is 36.7 Å². The quantitative estimate of drug-likeness (QED) is 0.932. The Labute approximate surface area is 118 Å². The van der Waals surface area contributed by atoms with Gasteiger partial charge in [0.1, 0.15) is 18.3 Å². The molecule has 0 saturated heterocycles. The maximum Gasteiger partial charge on any atom is 0.150 e. The molecule has 20 heavy (non-hydrogen) atoms. The molecule has 0 aliphatic heterocycles. The number of aromatic nitrogens is 3. The van der Waals surface area contributed by atoms with E-state index >= 15 is 0 Å². The molecule has 0 amide bonds. The molecule has 0 radical (unpaired) electrons. The van der Waals surface area contributed by atoms with Gasteiger partial charge in [0.05, 0.1) is 0 Å². The van der Waals surface area contributed by atoms with E-state index in [1.165, 1.54) is 36.2 Å². The van der Waals surface area contributed by atoms with E-state index in [1.807, 2.05) is 6.07 Å². The van der Waals surface area contributed by atoms with Gasteiger partial charge >= 0.3 is 0 Å². The van der Waals surface area contributed by atoms with Crippen molar-refractivity contribution in [2.45, 2.75) is 38.6 Å². The molecule has 1 N–H and O–H groups in total. The maximum absolute atomic E-state index is 14.1. The normalized spacial score (nSPS) is 22.7. The van der Waals surface area contributed by atoms with Gasteiger partial charge in [0.2, 0.25) is 0 Å². The summed E-state index contributed by atoms with van der Waals surface area (Å²) in [4.78, 5) is 3.83. The Bertz CT molecular complexity index is 567. The first-order valence-electron chi connectivity index (χ1n) is 7.13. The standard InChI is InChI=1S/C15H19FN4/c1-11-3-2-4-12(7-11)19-13-5-6-15(14(16)8-13)20-10-17-9-18-20/h5-6,8-12,19H,2-4,7H2,1H3. The van der Waals surface area contributed by atoms with Crippen LogP contribution in [0.15, 0.2) is 30.9 Å². The monoisotopic (exact) mass is 274 g/mol. The fourth-order valence-corrected chi connectivity index (χ4v) is 2.92. The third-order valence-electron chi connectivity index (χ3n) is 3.92. The molecule has 106 valence electrons. The second-order valence-corrected chi connectivity index (χ2v) is 5.62. The summed E-state index contributed by atoms with van der Waals surface area (Å²) in [7, 11) is 0. The van der Waals surface area contributed by atoms with Gasteiger partial charge in [0.15, 0.2) is 5.82 Å². The Morgan fingerprint density at radius 1 is 1.35 bits per heavy atom. The van der Waals surface area contributed by atoms with Crippen LogP contribution < -0.4 is 5.32 Å².